The van der Waals surface area contributed by atoms with E-state index < -0.39 is 44.3 Å². The van der Waals surface area contributed by atoms with Crippen molar-refractivity contribution in [2.24, 2.45) is 5.92 Å². The zero-order valence-corrected chi connectivity index (χ0v) is 18.6. The minimum absolute atomic E-state index is 0.0979. The maximum atomic E-state index is 13.7. The first-order valence-corrected chi connectivity index (χ1v) is 11.8. The Hall–Kier alpha value is -2.43. The first-order chi connectivity index (χ1) is 15.0. The summed E-state index contributed by atoms with van der Waals surface area (Å²) in [6.45, 7) is 4.92. The molecule has 3 rings (SSSR count). The van der Waals surface area contributed by atoms with Gasteiger partial charge in [0.05, 0.1) is 16.1 Å². The van der Waals surface area contributed by atoms with Crippen LogP contribution >= 0.6 is 0 Å². The molecule has 2 aromatic rings. The molecule has 32 heavy (non-hydrogen) atoms. The fourth-order valence-electron chi connectivity index (χ4n) is 3.80. The lowest BCUT2D eigenvalue weighted by Crippen LogP contribution is -2.42. The number of amides is 1. The molecule has 0 aliphatic carbocycles. The van der Waals surface area contributed by atoms with Gasteiger partial charge in [-0.05, 0) is 75.5 Å². The fourth-order valence-corrected chi connectivity index (χ4v) is 5.14. The predicted octanol–water partition coefficient (Wildman–Crippen LogP) is 3.93. The Bertz CT molecular complexity index is 1080. The molecule has 0 radical (unpaired) electrons. The van der Waals surface area contributed by atoms with Crippen molar-refractivity contribution in [2.45, 2.75) is 43.8 Å². The molecule has 10 heteroatoms. The van der Waals surface area contributed by atoms with E-state index in [0.29, 0.717) is 11.6 Å². The van der Waals surface area contributed by atoms with Crippen molar-refractivity contribution in [2.75, 3.05) is 18.4 Å². The molecule has 2 aromatic carbocycles. The van der Waals surface area contributed by atoms with E-state index in [9.17, 15) is 26.4 Å². The zero-order valence-electron chi connectivity index (χ0n) is 17.8. The lowest BCUT2D eigenvalue weighted by Gasteiger charge is -2.28. The summed E-state index contributed by atoms with van der Waals surface area (Å²) in [4.78, 5) is 12.0. The van der Waals surface area contributed by atoms with Crippen LogP contribution in [0.3, 0.4) is 0 Å². The molecular formula is C22H26F3N3O3S. The van der Waals surface area contributed by atoms with Gasteiger partial charge < -0.3 is 10.6 Å². The van der Waals surface area contributed by atoms with Crippen LogP contribution in [0.4, 0.5) is 18.9 Å². The van der Waals surface area contributed by atoms with Gasteiger partial charge in [-0.2, -0.15) is 13.2 Å². The van der Waals surface area contributed by atoms with Crippen molar-refractivity contribution in [1.29, 1.82) is 0 Å². The number of aryl methyl sites for hydroxylation is 1. The van der Waals surface area contributed by atoms with Crippen molar-refractivity contribution < 1.29 is 26.4 Å². The number of sulfonamides is 1. The summed E-state index contributed by atoms with van der Waals surface area (Å²) in [5.74, 6) is -0.609. The van der Waals surface area contributed by atoms with Crippen LogP contribution in [0.25, 0.3) is 0 Å². The molecule has 1 aliphatic rings. The Morgan fingerprint density at radius 2 is 1.78 bits per heavy atom. The van der Waals surface area contributed by atoms with Gasteiger partial charge in [-0.15, -0.1) is 0 Å². The monoisotopic (exact) mass is 469 g/mol. The number of hydrogen-bond acceptors (Lipinski definition) is 4. The van der Waals surface area contributed by atoms with Crippen LogP contribution in [0, 0.1) is 12.8 Å². The quantitative estimate of drug-likeness (QED) is 0.598. The second-order valence-corrected chi connectivity index (χ2v) is 9.69. The smallest absolute Gasteiger partial charge is 0.321 e. The van der Waals surface area contributed by atoms with Crippen LogP contribution in [0.1, 0.15) is 41.3 Å². The highest BCUT2D eigenvalue weighted by atomic mass is 32.2. The molecule has 0 bridgehead atoms. The van der Waals surface area contributed by atoms with E-state index in [4.69, 9.17) is 0 Å². The van der Waals surface area contributed by atoms with Crippen LogP contribution in [0.2, 0.25) is 0 Å². The molecule has 6 nitrogen and oxygen atoms in total. The van der Waals surface area contributed by atoms with E-state index in [1.807, 2.05) is 0 Å². The van der Waals surface area contributed by atoms with Crippen molar-refractivity contribution in [3.05, 3.63) is 59.2 Å². The molecule has 1 atom stereocenters. The molecule has 0 unspecified atom stereocenters. The van der Waals surface area contributed by atoms with E-state index in [0.717, 1.165) is 38.1 Å². The van der Waals surface area contributed by atoms with Crippen LogP contribution in [0.15, 0.2) is 47.4 Å². The van der Waals surface area contributed by atoms with Gasteiger partial charge in [0, 0.05) is 11.6 Å². The van der Waals surface area contributed by atoms with Gasteiger partial charge in [-0.3, -0.25) is 4.79 Å². The van der Waals surface area contributed by atoms with Crippen LogP contribution < -0.4 is 15.4 Å². The molecule has 1 heterocycles. The van der Waals surface area contributed by atoms with Crippen molar-refractivity contribution in [3.63, 3.8) is 0 Å². The van der Waals surface area contributed by atoms with Gasteiger partial charge in [0.1, 0.15) is 0 Å². The number of benzene rings is 2. The molecule has 0 saturated carbocycles. The Morgan fingerprint density at radius 1 is 1.12 bits per heavy atom. The number of piperidine rings is 1. The molecule has 0 spiro atoms. The van der Waals surface area contributed by atoms with Gasteiger partial charge in [-0.1, -0.05) is 18.2 Å². The summed E-state index contributed by atoms with van der Waals surface area (Å²) in [6, 6.07) is 8.68. The third-order valence-electron chi connectivity index (χ3n) is 5.68. The average Bonchev–Trinajstić information content (AvgIpc) is 2.73. The van der Waals surface area contributed by atoms with Crippen molar-refractivity contribution >= 4 is 21.6 Å². The number of rotatable bonds is 6. The first kappa shape index (κ1) is 24.2. The van der Waals surface area contributed by atoms with Gasteiger partial charge >= 0.3 is 6.18 Å². The van der Waals surface area contributed by atoms with Crippen molar-refractivity contribution in [3.8, 4) is 0 Å². The summed E-state index contributed by atoms with van der Waals surface area (Å²) < 4.78 is 69.3. The van der Waals surface area contributed by atoms with Gasteiger partial charge in [0.25, 0.3) is 5.91 Å². The molecule has 1 fully saturated rings. The second kappa shape index (κ2) is 9.60. The number of nitrogens with one attached hydrogen (secondary N) is 3. The lowest BCUT2D eigenvalue weighted by molar-refractivity contribution is -0.137. The van der Waals surface area contributed by atoms with E-state index in [2.05, 4.69) is 15.4 Å². The lowest BCUT2D eigenvalue weighted by atomic mass is 9.92. The van der Waals surface area contributed by atoms with E-state index in [1.54, 1.807) is 32.0 Å². The number of carbonyl (C=O) groups excluding carboxylic acids is 1. The average molecular weight is 470 g/mol. The summed E-state index contributed by atoms with van der Waals surface area (Å²) in [7, 11) is -4.18. The Morgan fingerprint density at radius 3 is 2.41 bits per heavy atom. The maximum Gasteiger partial charge on any atom is 0.418 e. The van der Waals surface area contributed by atoms with Crippen LogP contribution in [-0.4, -0.2) is 33.5 Å². The fraction of sp³-hybridized carbons (Fsp3) is 0.409. The SMILES string of the molecule is Cc1ccccc1C(=O)Nc1ccc(S(=O)(=O)N[C@H](C)C2CCNCC2)cc1C(F)(F)F. The standard InChI is InChI=1S/C22H26F3N3O3S/c1-14-5-3-4-6-18(14)21(29)27-20-8-7-17(13-19(20)22(23,24)25)32(30,31)28-15(2)16-9-11-26-12-10-16/h3-8,13,15-16,26,28H,9-12H2,1-2H3,(H,27,29)/t15-/m1/s1. The number of hydrogen-bond donors (Lipinski definition) is 3. The predicted molar refractivity (Wildman–Crippen MR) is 116 cm³/mol. The van der Waals surface area contributed by atoms with Gasteiger partial charge in [-0.25, -0.2) is 13.1 Å². The summed E-state index contributed by atoms with van der Waals surface area (Å²) in [6.07, 6.45) is -3.30. The van der Waals surface area contributed by atoms with E-state index in [-0.39, 0.29) is 11.5 Å². The van der Waals surface area contributed by atoms with Gasteiger partial charge in [0.2, 0.25) is 10.0 Å². The van der Waals surface area contributed by atoms with Crippen LogP contribution in [-0.2, 0) is 16.2 Å². The molecule has 1 saturated heterocycles. The summed E-state index contributed by atoms with van der Waals surface area (Å²) in [5.41, 5.74) is -0.892. The zero-order chi connectivity index (χ0) is 23.5. The largest absolute Gasteiger partial charge is 0.418 e. The summed E-state index contributed by atoms with van der Waals surface area (Å²) >= 11 is 0. The molecular weight excluding hydrogens is 443 g/mol. The normalized spacial score (nSPS) is 16.5. The second-order valence-electron chi connectivity index (χ2n) is 7.97. The molecule has 0 aromatic heterocycles. The van der Waals surface area contributed by atoms with E-state index in [1.165, 1.54) is 6.07 Å². The Labute approximate surface area is 185 Å². The Kier molecular flexibility index (Phi) is 7.26. The third kappa shape index (κ3) is 5.67. The Balaban J connectivity index is 1.87. The number of halogens is 3. The maximum absolute atomic E-state index is 13.7. The highest BCUT2D eigenvalue weighted by molar-refractivity contribution is 7.89. The summed E-state index contributed by atoms with van der Waals surface area (Å²) in [5, 5.41) is 5.45. The molecule has 1 amide bonds. The minimum atomic E-state index is -4.86. The van der Waals surface area contributed by atoms with Crippen LogP contribution in [0.5, 0.6) is 0 Å². The first-order valence-electron chi connectivity index (χ1n) is 10.3. The highest BCUT2D eigenvalue weighted by Gasteiger charge is 2.36. The number of carbonyl (C=O) groups is 1. The number of anilines is 1. The van der Waals surface area contributed by atoms with Crippen molar-refractivity contribution in [1.82, 2.24) is 10.0 Å². The number of alkyl halides is 3. The molecule has 174 valence electrons. The highest BCUT2D eigenvalue weighted by Crippen LogP contribution is 2.36. The molecule has 3 N–H and O–H groups in total. The third-order valence-corrected chi connectivity index (χ3v) is 7.23. The topological polar surface area (TPSA) is 87.3 Å². The minimum Gasteiger partial charge on any atom is -0.321 e. The molecule has 1 aliphatic heterocycles. The van der Waals surface area contributed by atoms with E-state index >= 15 is 0 Å². The van der Waals surface area contributed by atoms with Gasteiger partial charge in [0.15, 0.2) is 0 Å².